The molecule has 53 heavy (non-hydrogen) atoms. The highest BCUT2D eigenvalue weighted by Gasteiger charge is 2.39. The van der Waals surface area contributed by atoms with E-state index in [1.54, 1.807) is 12.2 Å². The smallest absolute Gasteiger partial charge is 0.306 e. The Morgan fingerprint density at radius 1 is 0.717 bits per heavy atom. The third-order valence-corrected chi connectivity index (χ3v) is 10.6. The fraction of sp³-hybridized carbons (Fsp3) is 0.844. The van der Waals surface area contributed by atoms with Crippen molar-refractivity contribution < 1.29 is 39.2 Å². The molecule has 1 rings (SSSR count). The third kappa shape index (κ3) is 27.2. The number of hydrogen-bond donors (Lipinski definition) is 3. The molecule has 8 heteroatoms. The normalized spacial score (nSPS) is 18.7. The van der Waals surface area contributed by atoms with Crippen molar-refractivity contribution in [1.82, 2.24) is 0 Å². The zero-order valence-electron chi connectivity index (χ0n) is 34.0. The molecule has 1 aliphatic carbocycles. The van der Waals surface area contributed by atoms with Gasteiger partial charge in [0.05, 0.1) is 18.8 Å². The lowest BCUT2D eigenvalue weighted by Crippen LogP contribution is -2.28. The van der Waals surface area contributed by atoms with Gasteiger partial charge in [-0.3, -0.25) is 14.4 Å². The summed E-state index contributed by atoms with van der Waals surface area (Å²) in [6.07, 6.45) is 36.1. The van der Waals surface area contributed by atoms with Gasteiger partial charge >= 0.3 is 11.9 Å². The van der Waals surface area contributed by atoms with Crippen molar-refractivity contribution in [2.45, 2.75) is 218 Å². The Bertz CT molecular complexity index is 962. The number of allylic oxidation sites excluding steroid dienone is 3. The first-order chi connectivity index (χ1) is 25.8. The minimum absolute atomic E-state index is 0.00302. The Morgan fingerprint density at radius 2 is 1.23 bits per heavy atom. The van der Waals surface area contributed by atoms with E-state index in [2.05, 4.69) is 13.8 Å². The molecule has 3 N–H and O–H groups in total. The van der Waals surface area contributed by atoms with Crippen molar-refractivity contribution in [1.29, 1.82) is 0 Å². The largest absolute Gasteiger partial charge is 0.462 e. The Balaban J connectivity index is 2.05. The number of carbonyl (C=O) groups excluding carboxylic acids is 3. The van der Waals surface area contributed by atoms with Gasteiger partial charge in [-0.25, -0.2) is 0 Å². The van der Waals surface area contributed by atoms with Crippen LogP contribution in [0.3, 0.4) is 0 Å². The Labute approximate surface area is 324 Å². The molecule has 0 aromatic rings. The van der Waals surface area contributed by atoms with Gasteiger partial charge in [-0.05, 0) is 32.1 Å². The van der Waals surface area contributed by atoms with Gasteiger partial charge in [-0.2, -0.15) is 0 Å². The second kappa shape index (κ2) is 34.5. The van der Waals surface area contributed by atoms with Crippen molar-refractivity contribution in [3.05, 3.63) is 24.3 Å². The summed E-state index contributed by atoms with van der Waals surface area (Å²) in [4.78, 5) is 36.9. The number of aliphatic hydroxyl groups excluding tert-OH is 3. The van der Waals surface area contributed by atoms with Gasteiger partial charge in [-0.15, -0.1) is 0 Å². The van der Waals surface area contributed by atoms with E-state index >= 15 is 0 Å². The van der Waals surface area contributed by atoms with Crippen molar-refractivity contribution in [3.63, 3.8) is 0 Å². The van der Waals surface area contributed by atoms with Crippen LogP contribution in [-0.2, 0) is 23.9 Å². The SMILES string of the molecule is CCCCCCCCCCCCCCCCCCCCCC(=O)O[C@@H](CO)COC(=O)CCC/C=C\C[C@H]1[C@@H](O)CC(=O)[C@@H]1/C=C/[C@@H](O)CCCCC. The van der Waals surface area contributed by atoms with Crippen LogP contribution in [0.2, 0.25) is 0 Å². The lowest BCUT2D eigenvalue weighted by Gasteiger charge is -2.17. The summed E-state index contributed by atoms with van der Waals surface area (Å²) in [5.41, 5.74) is 0. The van der Waals surface area contributed by atoms with Crippen LogP contribution in [0.25, 0.3) is 0 Å². The second-order valence-electron chi connectivity index (χ2n) is 15.6. The van der Waals surface area contributed by atoms with Crippen LogP contribution in [0.4, 0.5) is 0 Å². The number of ether oxygens (including phenoxy) is 2. The Morgan fingerprint density at radius 3 is 1.77 bits per heavy atom. The fourth-order valence-corrected chi connectivity index (χ4v) is 7.18. The summed E-state index contributed by atoms with van der Waals surface area (Å²) in [6, 6.07) is 0. The van der Waals surface area contributed by atoms with Gasteiger partial charge in [0.25, 0.3) is 0 Å². The quantitative estimate of drug-likeness (QED) is 0.0328. The average molecular weight is 749 g/mol. The van der Waals surface area contributed by atoms with Crippen molar-refractivity contribution in [2.24, 2.45) is 11.8 Å². The molecule has 0 aromatic heterocycles. The molecule has 1 saturated carbocycles. The van der Waals surface area contributed by atoms with Crippen LogP contribution < -0.4 is 0 Å². The fourth-order valence-electron chi connectivity index (χ4n) is 7.18. The number of aliphatic hydroxyl groups is 3. The first-order valence-corrected chi connectivity index (χ1v) is 22.0. The summed E-state index contributed by atoms with van der Waals surface area (Å²) in [5.74, 6) is -1.39. The van der Waals surface area contributed by atoms with E-state index in [-0.39, 0.29) is 37.1 Å². The highest BCUT2D eigenvalue weighted by atomic mass is 16.6. The maximum atomic E-state index is 12.4. The summed E-state index contributed by atoms with van der Waals surface area (Å²) in [5, 5.41) is 30.2. The lowest BCUT2D eigenvalue weighted by atomic mass is 9.90. The monoisotopic (exact) mass is 749 g/mol. The number of hydrogen-bond acceptors (Lipinski definition) is 8. The summed E-state index contributed by atoms with van der Waals surface area (Å²) >= 11 is 0. The molecule has 8 nitrogen and oxygen atoms in total. The molecule has 0 aromatic carbocycles. The maximum Gasteiger partial charge on any atom is 0.306 e. The van der Waals surface area contributed by atoms with Crippen LogP contribution >= 0.6 is 0 Å². The summed E-state index contributed by atoms with van der Waals surface area (Å²) < 4.78 is 10.6. The number of ketones is 1. The number of carbonyl (C=O) groups is 3. The van der Waals surface area contributed by atoms with Crippen LogP contribution in [0.5, 0.6) is 0 Å². The van der Waals surface area contributed by atoms with Crippen LogP contribution in [-0.4, -0.2) is 64.6 Å². The minimum Gasteiger partial charge on any atom is -0.462 e. The van der Waals surface area contributed by atoms with E-state index in [4.69, 9.17) is 9.47 Å². The molecule has 5 atom stereocenters. The minimum atomic E-state index is -0.855. The van der Waals surface area contributed by atoms with E-state index in [0.717, 1.165) is 38.5 Å². The van der Waals surface area contributed by atoms with Gasteiger partial charge in [0, 0.05) is 31.1 Å². The molecular formula is C45H80O8. The molecule has 0 aliphatic heterocycles. The topological polar surface area (TPSA) is 130 Å². The van der Waals surface area contributed by atoms with Gasteiger partial charge in [0.1, 0.15) is 12.4 Å². The molecule has 0 radical (unpaired) electrons. The van der Waals surface area contributed by atoms with Crippen molar-refractivity contribution >= 4 is 17.7 Å². The second-order valence-corrected chi connectivity index (χ2v) is 15.6. The van der Waals surface area contributed by atoms with Crippen molar-refractivity contribution in [2.75, 3.05) is 13.2 Å². The molecule has 0 spiro atoms. The molecule has 0 saturated heterocycles. The number of unbranched alkanes of at least 4 members (excludes halogenated alkanes) is 21. The maximum absolute atomic E-state index is 12.4. The molecule has 0 unspecified atom stereocenters. The molecule has 0 amide bonds. The van der Waals surface area contributed by atoms with Crippen LogP contribution in [0.1, 0.15) is 200 Å². The average Bonchev–Trinajstić information content (AvgIpc) is 3.42. The zero-order chi connectivity index (χ0) is 38.8. The molecule has 0 bridgehead atoms. The van der Waals surface area contributed by atoms with E-state index in [0.29, 0.717) is 32.1 Å². The van der Waals surface area contributed by atoms with E-state index in [9.17, 15) is 29.7 Å². The molecule has 0 heterocycles. The van der Waals surface area contributed by atoms with Gasteiger partial charge in [0.2, 0.25) is 0 Å². The predicted molar refractivity (Wildman–Crippen MR) is 215 cm³/mol. The molecule has 1 aliphatic rings. The summed E-state index contributed by atoms with van der Waals surface area (Å²) in [7, 11) is 0. The predicted octanol–water partition coefficient (Wildman–Crippen LogP) is 10.4. The molecular weight excluding hydrogens is 668 g/mol. The Hall–Kier alpha value is -2.03. The van der Waals surface area contributed by atoms with Crippen LogP contribution in [0.15, 0.2) is 24.3 Å². The van der Waals surface area contributed by atoms with Crippen molar-refractivity contribution in [3.8, 4) is 0 Å². The van der Waals surface area contributed by atoms with Gasteiger partial charge in [0.15, 0.2) is 6.10 Å². The highest BCUT2D eigenvalue weighted by Crippen LogP contribution is 2.33. The van der Waals surface area contributed by atoms with E-state index in [1.807, 2.05) is 12.2 Å². The Kier molecular flexibility index (Phi) is 31.9. The summed E-state index contributed by atoms with van der Waals surface area (Å²) in [6.45, 7) is 3.83. The number of esters is 2. The molecule has 1 fully saturated rings. The first kappa shape index (κ1) is 49.0. The van der Waals surface area contributed by atoms with E-state index in [1.165, 1.54) is 103 Å². The van der Waals surface area contributed by atoms with Crippen LogP contribution in [0, 0.1) is 11.8 Å². The zero-order valence-corrected chi connectivity index (χ0v) is 34.0. The standard InChI is InChI=1S/C45H80O8/c1-3-5-7-8-9-10-11-12-13-14-15-16-17-18-19-20-21-22-28-32-45(51)53-39(36-46)37-52-44(50)31-27-24-23-26-30-40-41(43(49)35-42(40)48)34-33-38(47)29-25-6-4-2/h23,26,33-34,38-42,46-48H,3-22,24-25,27-32,35-37H2,1-2H3/b26-23-,34-33+/t38-,39-,40+,41+,42-/m0/s1. The van der Waals surface area contributed by atoms with Gasteiger partial charge < -0.3 is 24.8 Å². The van der Waals surface area contributed by atoms with Gasteiger partial charge in [-0.1, -0.05) is 173 Å². The molecule has 308 valence electrons. The van der Waals surface area contributed by atoms with E-state index < -0.39 is 36.8 Å². The number of rotatable bonds is 36. The first-order valence-electron chi connectivity index (χ1n) is 22.0. The highest BCUT2D eigenvalue weighted by molar-refractivity contribution is 5.86. The lowest BCUT2D eigenvalue weighted by molar-refractivity contribution is -0.161. The third-order valence-electron chi connectivity index (χ3n) is 10.6. The number of Topliss-reactive ketones (excluding diaryl/α,β-unsaturated/α-hetero) is 1.